The molecule has 1 rings (SSSR count). The molecule has 0 heterocycles. The van der Waals surface area contributed by atoms with E-state index in [1.165, 1.54) is 7.11 Å². The standard InChI is InChI=1S/C18H24INO2/c1-17(2,20-4)11-6-7-12-18(3,16(21)22-5)14-9-8-10-15(19)13-14/h8-10,13H,6-7,11-12H2,1-3,5H3. The second kappa shape index (κ2) is 7.96. The van der Waals surface area contributed by atoms with E-state index in [2.05, 4.69) is 27.4 Å². The maximum absolute atomic E-state index is 12.3. The molecule has 0 bridgehead atoms. The van der Waals surface area contributed by atoms with Crippen LogP contribution in [0.15, 0.2) is 24.3 Å². The van der Waals surface area contributed by atoms with Gasteiger partial charge in [0.2, 0.25) is 5.54 Å². The van der Waals surface area contributed by atoms with E-state index in [1.807, 2.05) is 45.0 Å². The van der Waals surface area contributed by atoms with Crippen molar-refractivity contribution in [2.75, 3.05) is 7.11 Å². The van der Waals surface area contributed by atoms with E-state index in [0.29, 0.717) is 0 Å². The van der Waals surface area contributed by atoms with Crippen LogP contribution in [0.4, 0.5) is 0 Å². The van der Waals surface area contributed by atoms with Gasteiger partial charge in [-0.1, -0.05) is 18.6 Å². The average molecular weight is 413 g/mol. The van der Waals surface area contributed by atoms with Gasteiger partial charge in [0.15, 0.2) is 0 Å². The molecule has 0 saturated heterocycles. The molecule has 1 aromatic carbocycles. The SMILES string of the molecule is [C-]#[N+]C(C)(C)CCCCC(C)(C(=O)OC)c1cccc(I)c1. The Hall–Kier alpha value is -1.09. The summed E-state index contributed by atoms with van der Waals surface area (Å²) in [7, 11) is 1.44. The predicted octanol–water partition coefficient (Wildman–Crippen LogP) is 4.98. The van der Waals surface area contributed by atoms with E-state index in [4.69, 9.17) is 11.3 Å². The molecule has 1 atom stereocenters. The zero-order valence-corrected chi connectivity index (χ0v) is 15.9. The average Bonchev–Trinajstić information content (AvgIpc) is 2.50. The second-order valence-electron chi connectivity index (χ2n) is 6.47. The summed E-state index contributed by atoms with van der Waals surface area (Å²) in [5, 5.41) is 0. The molecule has 3 nitrogen and oxygen atoms in total. The Labute approximate surface area is 147 Å². The molecule has 0 spiro atoms. The molecule has 0 aromatic heterocycles. The van der Waals surface area contributed by atoms with Crippen molar-refractivity contribution in [3.05, 3.63) is 44.8 Å². The Morgan fingerprint density at radius 1 is 1.27 bits per heavy atom. The van der Waals surface area contributed by atoms with Crippen LogP contribution in [0.1, 0.15) is 52.0 Å². The summed E-state index contributed by atoms with van der Waals surface area (Å²) in [4.78, 5) is 16.0. The number of hydrogen-bond donors (Lipinski definition) is 0. The first-order chi connectivity index (χ1) is 10.2. The molecule has 120 valence electrons. The largest absolute Gasteiger partial charge is 0.468 e. The summed E-state index contributed by atoms with van der Waals surface area (Å²) in [5.74, 6) is -0.195. The third kappa shape index (κ3) is 4.98. The quantitative estimate of drug-likeness (QED) is 0.273. The van der Waals surface area contributed by atoms with Gasteiger partial charge in [0.05, 0.1) is 12.5 Å². The molecule has 0 fully saturated rings. The van der Waals surface area contributed by atoms with Crippen LogP contribution in [-0.4, -0.2) is 18.6 Å². The number of methoxy groups -OCH3 is 1. The van der Waals surface area contributed by atoms with Gasteiger partial charge in [0, 0.05) is 23.8 Å². The van der Waals surface area contributed by atoms with Gasteiger partial charge in [-0.3, -0.25) is 4.79 Å². The number of benzene rings is 1. The molecule has 0 amide bonds. The molecule has 0 saturated carbocycles. The monoisotopic (exact) mass is 413 g/mol. The van der Waals surface area contributed by atoms with Gasteiger partial charge in [-0.05, 0) is 60.1 Å². The Morgan fingerprint density at radius 3 is 2.45 bits per heavy atom. The lowest BCUT2D eigenvalue weighted by molar-refractivity contribution is -0.147. The molecule has 0 aliphatic carbocycles. The molecule has 22 heavy (non-hydrogen) atoms. The van der Waals surface area contributed by atoms with Crippen LogP contribution in [0.25, 0.3) is 4.85 Å². The minimum Gasteiger partial charge on any atom is -0.468 e. The first kappa shape index (κ1) is 19.0. The van der Waals surface area contributed by atoms with Crippen LogP contribution in [0, 0.1) is 10.1 Å². The number of esters is 1. The Bertz CT molecular complexity index is 562. The number of carbonyl (C=O) groups is 1. The van der Waals surface area contributed by atoms with Crippen molar-refractivity contribution >= 4 is 28.6 Å². The van der Waals surface area contributed by atoms with Crippen molar-refractivity contribution in [1.82, 2.24) is 0 Å². The summed E-state index contributed by atoms with van der Waals surface area (Å²) >= 11 is 2.26. The Kier molecular flexibility index (Phi) is 6.86. The topological polar surface area (TPSA) is 30.7 Å². The highest BCUT2D eigenvalue weighted by atomic mass is 127. The van der Waals surface area contributed by atoms with Gasteiger partial charge in [0.25, 0.3) is 0 Å². The zero-order chi connectivity index (χ0) is 16.8. The van der Waals surface area contributed by atoms with Crippen LogP contribution in [-0.2, 0) is 14.9 Å². The highest BCUT2D eigenvalue weighted by Crippen LogP contribution is 2.33. The normalized spacial score (nSPS) is 14.0. The molecule has 1 aromatic rings. The summed E-state index contributed by atoms with van der Waals surface area (Å²) in [5.41, 5.74) is 0.0535. The number of carbonyl (C=O) groups excluding carboxylic acids is 1. The number of unbranched alkanes of at least 4 members (excludes halogenated alkanes) is 1. The molecule has 1 unspecified atom stereocenters. The summed E-state index contributed by atoms with van der Waals surface area (Å²) in [6, 6.07) is 8.02. The Balaban J connectivity index is 2.82. The third-order valence-corrected chi connectivity index (χ3v) is 4.79. The fourth-order valence-corrected chi connectivity index (χ4v) is 3.06. The van der Waals surface area contributed by atoms with Crippen LogP contribution < -0.4 is 0 Å². The van der Waals surface area contributed by atoms with Gasteiger partial charge in [-0.15, -0.1) is 0 Å². The zero-order valence-electron chi connectivity index (χ0n) is 13.8. The van der Waals surface area contributed by atoms with Crippen molar-refractivity contribution in [2.24, 2.45) is 0 Å². The molecular formula is C18H24INO2. The van der Waals surface area contributed by atoms with E-state index in [0.717, 1.165) is 34.8 Å². The van der Waals surface area contributed by atoms with Crippen molar-refractivity contribution in [2.45, 2.75) is 57.4 Å². The fourth-order valence-electron chi connectivity index (χ4n) is 2.51. The summed E-state index contributed by atoms with van der Waals surface area (Å²) in [6.07, 6.45) is 3.41. The lowest BCUT2D eigenvalue weighted by atomic mass is 9.77. The molecule has 0 radical (unpaired) electrons. The number of halogens is 1. The van der Waals surface area contributed by atoms with Gasteiger partial charge in [-0.25, -0.2) is 6.57 Å². The minimum atomic E-state index is -0.627. The van der Waals surface area contributed by atoms with E-state index >= 15 is 0 Å². The number of nitrogens with zero attached hydrogens (tertiary/aromatic N) is 1. The summed E-state index contributed by atoms with van der Waals surface area (Å²) < 4.78 is 6.15. The van der Waals surface area contributed by atoms with Gasteiger partial charge in [-0.2, -0.15) is 0 Å². The van der Waals surface area contributed by atoms with Crippen LogP contribution >= 0.6 is 22.6 Å². The highest BCUT2D eigenvalue weighted by molar-refractivity contribution is 14.1. The lowest BCUT2D eigenvalue weighted by Crippen LogP contribution is -2.34. The van der Waals surface area contributed by atoms with E-state index in [9.17, 15) is 4.79 Å². The van der Waals surface area contributed by atoms with E-state index in [1.54, 1.807) is 0 Å². The van der Waals surface area contributed by atoms with Gasteiger partial charge >= 0.3 is 5.97 Å². The predicted molar refractivity (Wildman–Crippen MR) is 97.7 cm³/mol. The third-order valence-electron chi connectivity index (χ3n) is 4.12. The van der Waals surface area contributed by atoms with Crippen molar-refractivity contribution in [3.8, 4) is 0 Å². The number of ether oxygens (including phenoxy) is 1. The van der Waals surface area contributed by atoms with E-state index < -0.39 is 5.41 Å². The molecule has 4 heteroatoms. The molecule has 0 aliphatic rings. The minimum absolute atomic E-state index is 0.195. The molecular weight excluding hydrogens is 389 g/mol. The second-order valence-corrected chi connectivity index (χ2v) is 7.71. The van der Waals surface area contributed by atoms with Crippen LogP contribution in [0.3, 0.4) is 0 Å². The fraction of sp³-hybridized carbons (Fsp3) is 0.556. The Morgan fingerprint density at radius 2 is 1.91 bits per heavy atom. The van der Waals surface area contributed by atoms with Crippen molar-refractivity contribution in [3.63, 3.8) is 0 Å². The van der Waals surface area contributed by atoms with Crippen LogP contribution in [0.2, 0.25) is 0 Å². The highest BCUT2D eigenvalue weighted by Gasteiger charge is 2.36. The van der Waals surface area contributed by atoms with E-state index in [-0.39, 0.29) is 11.5 Å². The smallest absolute Gasteiger partial charge is 0.315 e. The van der Waals surface area contributed by atoms with Crippen molar-refractivity contribution in [1.29, 1.82) is 0 Å². The molecule has 0 aliphatic heterocycles. The first-order valence-electron chi connectivity index (χ1n) is 7.48. The van der Waals surface area contributed by atoms with Crippen LogP contribution in [0.5, 0.6) is 0 Å². The number of rotatable bonds is 7. The lowest BCUT2D eigenvalue weighted by Gasteiger charge is -2.27. The van der Waals surface area contributed by atoms with Gasteiger partial charge < -0.3 is 9.58 Å². The van der Waals surface area contributed by atoms with Gasteiger partial charge in [0.1, 0.15) is 0 Å². The maximum Gasteiger partial charge on any atom is 0.315 e. The summed E-state index contributed by atoms with van der Waals surface area (Å²) in [6.45, 7) is 13.0. The van der Waals surface area contributed by atoms with Crippen molar-refractivity contribution < 1.29 is 9.53 Å². The molecule has 0 N–H and O–H groups in total. The maximum atomic E-state index is 12.3. The first-order valence-corrected chi connectivity index (χ1v) is 8.56. The number of hydrogen-bond acceptors (Lipinski definition) is 2.